The molecule has 0 unspecified atom stereocenters. The van der Waals surface area contributed by atoms with Crippen LogP contribution in [0.3, 0.4) is 0 Å². The molecule has 0 bridgehead atoms. The first-order chi connectivity index (χ1) is 10.7. The number of unbranched alkanes of at least 4 members (excludes halogenated alkanes) is 10. The summed E-state index contributed by atoms with van der Waals surface area (Å²) in [6.45, 7) is 2.78. The van der Waals surface area contributed by atoms with E-state index in [1.54, 1.807) is 0 Å². The Morgan fingerprint density at radius 1 is 0.727 bits per heavy atom. The summed E-state index contributed by atoms with van der Waals surface area (Å²) in [5.74, 6) is -0.856. The Labute approximate surface area is 135 Å². The van der Waals surface area contributed by atoms with E-state index in [2.05, 4.69) is 6.92 Å². The largest absolute Gasteiger partial charge is 0.481 e. The summed E-state index contributed by atoms with van der Waals surface area (Å²) >= 11 is 0. The maximum absolute atomic E-state index is 11.5. The van der Waals surface area contributed by atoms with Crippen molar-refractivity contribution >= 4 is 11.9 Å². The van der Waals surface area contributed by atoms with Gasteiger partial charge in [-0.1, -0.05) is 64.7 Å². The van der Waals surface area contributed by atoms with Gasteiger partial charge in [0.1, 0.15) is 0 Å². The van der Waals surface area contributed by atoms with E-state index in [-0.39, 0.29) is 12.4 Å². The minimum absolute atomic E-state index is 0.110. The van der Waals surface area contributed by atoms with Gasteiger partial charge in [-0.2, -0.15) is 0 Å². The van der Waals surface area contributed by atoms with Crippen LogP contribution in [-0.2, 0) is 14.3 Å². The van der Waals surface area contributed by atoms with E-state index in [9.17, 15) is 9.59 Å². The normalized spacial score (nSPS) is 10.6. The van der Waals surface area contributed by atoms with Gasteiger partial charge in [0.15, 0.2) is 0 Å². The van der Waals surface area contributed by atoms with Gasteiger partial charge < -0.3 is 9.84 Å². The van der Waals surface area contributed by atoms with Crippen LogP contribution >= 0.6 is 0 Å². The first-order valence-electron chi connectivity index (χ1n) is 9.04. The van der Waals surface area contributed by atoms with Crippen LogP contribution in [0.25, 0.3) is 0 Å². The van der Waals surface area contributed by atoms with Gasteiger partial charge in [0.25, 0.3) is 0 Å². The molecule has 0 spiro atoms. The molecule has 0 fully saturated rings. The summed E-state index contributed by atoms with van der Waals surface area (Å²) in [7, 11) is 0. The van der Waals surface area contributed by atoms with Crippen molar-refractivity contribution in [2.45, 2.75) is 96.8 Å². The molecule has 0 radical (unpaired) electrons. The number of carbonyl (C=O) groups is 2. The van der Waals surface area contributed by atoms with Crippen LogP contribution in [0.1, 0.15) is 96.8 Å². The fraction of sp³-hybridized carbons (Fsp3) is 0.889. The summed E-state index contributed by atoms with van der Waals surface area (Å²) in [6.07, 6.45) is 13.9. The Hall–Kier alpha value is -1.06. The van der Waals surface area contributed by atoms with Crippen molar-refractivity contribution in [1.29, 1.82) is 0 Å². The van der Waals surface area contributed by atoms with Crippen LogP contribution in [0.15, 0.2) is 0 Å². The number of esters is 1. The molecule has 0 rings (SSSR count). The number of hydrogen-bond acceptors (Lipinski definition) is 3. The Balaban J connectivity index is 3.17. The predicted octanol–water partition coefficient (Wildman–Crippen LogP) is 5.10. The van der Waals surface area contributed by atoms with Gasteiger partial charge in [-0.25, -0.2) is 0 Å². The van der Waals surface area contributed by atoms with Crippen molar-refractivity contribution < 1.29 is 19.4 Å². The molecule has 0 saturated carbocycles. The van der Waals surface area contributed by atoms with Gasteiger partial charge in [0.2, 0.25) is 0 Å². The summed E-state index contributed by atoms with van der Waals surface area (Å²) < 4.78 is 5.20. The zero-order valence-electron chi connectivity index (χ0n) is 14.3. The van der Waals surface area contributed by atoms with Crippen LogP contribution in [0, 0.1) is 0 Å². The standard InChI is InChI=1S/C18H34O4/c1-2-3-4-5-6-7-10-13-16-22-18(21)15-12-9-8-11-14-17(19)20/h2-16H2,1H3,(H,19,20). The average Bonchev–Trinajstić information content (AvgIpc) is 2.48. The molecular weight excluding hydrogens is 280 g/mol. The van der Waals surface area contributed by atoms with Gasteiger partial charge in [-0.05, 0) is 19.3 Å². The Morgan fingerprint density at radius 3 is 1.82 bits per heavy atom. The molecule has 130 valence electrons. The van der Waals surface area contributed by atoms with Gasteiger partial charge in [-0.15, -0.1) is 0 Å². The van der Waals surface area contributed by atoms with Crippen LogP contribution in [0.4, 0.5) is 0 Å². The number of rotatable bonds is 16. The highest BCUT2D eigenvalue weighted by molar-refractivity contribution is 5.69. The van der Waals surface area contributed by atoms with Crippen molar-refractivity contribution in [3.8, 4) is 0 Å². The van der Waals surface area contributed by atoms with Gasteiger partial charge in [-0.3, -0.25) is 9.59 Å². The second kappa shape index (κ2) is 16.3. The zero-order valence-corrected chi connectivity index (χ0v) is 14.3. The molecule has 0 aromatic rings. The second-order valence-electron chi connectivity index (χ2n) is 6.00. The summed E-state index contributed by atoms with van der Waals surface area (Å²) in [6, 6.07) is 0. The van der Waals surface area contributed by atoms with Crippen LogP contribution in [-0.4, -0.2) is 23.7 Å². The molecule has 0 aliphatic rings. The third kappa shape index (κ3) is 17.0. The fourth-order valence-corrected chi connectivity index (χ4v) is 2.39. The lowest BCUT2D eigenvalue weighted by molar-refractivity contribution is -0.144. The summed E-state index contributed by atoms with van der Waals surface area (Å²) in [5.41, 5.74) is 0. The zero-order chi connectivity index (χ0) is 16.5. The maximum Gasteiger partial charge on any atom is 0.305 e. The number of carboxylic acids is 1. The van der Waals surface area contributed by atoms with Crippen molar-refractivity contribution in [2.24, 2.45) is 0 Å². The SMILES string of the molecule is CCCCCCCCCCOC(=O)CCCCCCC(=O)O. The number of carbonyl (C=O) groups excluding carboxylic acids is 1. The van der Waals surface area contributed by atoms with E-state index in [4.69, 9.17) is 9.84 Å². The molecule has 4 heteroatoms. The Bertz CT molecular complexity index is 276. The van der Waals surface area contributed by atoms with Crippen LogP contribution in [0.5, 0.6) is 0 Å². The molecule has 0 aromatic carbocycles. The topological polar surface area (TPSA) is 63.6 Å². The van der Waals surface area contributed by atoms with E-state index in [1.807, 2.05) is 0 Å². The minimum atomic E-state index is -0.746. The highest BCUT2D eigenvalue weighted by Crippen LogP contribution is 2.09. The van der Waals surface area contributed by atoms with Crippen LogP contribution < -0.4 is 0 Å². The number of ether oxygens (including phenoxy) is 1. The number of hydrogen-bond donors (Lipinski definition) is 1. The third-order valence-electron chi connectivity index (χ3n) is 3.78. The molecule has 4 nitrogen and oxygen atoms in total. The lowest BCUT2D eigenvalue weighted by atomic mass is 10.1. The highest BCUT2D eigenvalue weighted by Gasteiger charge is 2.03. The molecule has 1 N–H and O–H groups in total. The van der Waals surface area contributed by atoms with E-state index < -0.39 is 5.97 Å². The average molecular weight is 314 g/mol. The maximum atomic E-state index is 11.5. The molecule has 0 aliphatic heterocycles. The first-order valence-corrected chi connectivity index (χ1v) is 9.04. The van der Waals surface area contributed by atoms with Gasteiger partial charge in [0.05, 0.1) is 6.61 Å². The quantitative estimate of drug-likeness (QED) is 0.318. The van der Waals surface area contributed by atoms with Crippen LogP contribution in [0.2, 0.25) is 0 Å². The molecule has 0 saturated heterocycles. The third-order valence-corrected chi connectivity index (χ3v) is 3.78. The minimum Gasteiger partial charge on any atom is -0.481 e. The summed E-state index contributed by atoms with van der Waals surface area (Å²) in [4.78, 5) is 21.8. The van der Waals surface area contributed by atoms with Crippen molar-refractivity contribution in [3.05, 3.63) is 0 Å². The monoisotopic (exact) mass is 314 g/mol. The van der Waals surface area contributed by atoms with Gasteiger partial charge in [0, 0.05) is 12.8 Å². The fourth-order valence-electron chi connectivity index (χ4n) is 2.39. The molecule has 0 aliphatic carbocycles. The Morgan fingerprint density at radius 2 is 1.23 bits per heavy atom. The smallest absolute Gasteiger partial charge is 0.305 e. The molecule has 0 aromatic heterocycles. The Kier molecular flexibility index (Phi) is 15.5. The predicted molar refractivity (Wildman–Crippen MR) is 88.9 cm³/mol. The lowest BCUT2D eigenvalue weighted by Crippen LogP contribution is -2.05. The van der Waals surface area contributed by atoms with Gasteiger partial charge >= 0.3 is 11.9 Å². The van der Waals surface area contributed by atoms with E-state index in [0.717, 1.165) is 32.1 Å². The molecule has 0 atom stereocenters. The molecule has 0 amide bonds. The second-order valence-corrected chi connectivity index (χ2v) is 6.00. The number of aliphatic carboxylic acids is 1. The first kappa shape index (κ1) is 20.9. The molecule has 22 heavy (non-hydrogen) atoms. The molecular formula is C18H34O4. The van der Waals surface area contributed by atoms with Crippen molar-refractivity contribution in [1.82, 2.24) is 0 Å². The van der Waals surface area contributed by atoms with E-state index in [0.29, 0.717) is 19.4 Å². The van der Waals surface area contributed by atoms with Crippen molar-refractivity contribution in [2.75, 3.05) is 6.61 Å². The highest BCUT2D eigenvalue weighted by atomic mass is 16.5. The molecule has 0 heterocycles. The number of carboxylic acid groups (broad SMARTS) is 1. The van der Waals surface area contributed by atoms with E-state index >= 15 is 0 Å². The lowest BCUT2D eigenvalue weighted by Gasteiger charge is -2.05. The van der Waals surface area contributed by atoms with Crippen molar-refractivity contribution in [3.63, 3.8) is 0 Å². The van der Waals surface area contributed by atoms with E-state index in [1.165, 1.54) is 38.5 Å². The summed E-state index contributed by atoms with van der Waals surface area (Å²) in [5, 5.41) is 8.50.